The SMILES string of the molecule is CNCCC(=O)NC(C)(C)c1cn(-c2ccccc2)nn1. The van der Waals surface area contributed by atoms with Crippen LogP contribution in [0.5, 0.6) is 0 Å². The van der Waals surface area contributed by atoms with Crippen molar-refractivity contribution in [2.45, 2.75) is 25.8 Å². The van der Waals surface area contributed by atoms with Gasteiger partial charge in [0.1, 0.15) is 5.69 Å². The predicted octanol–water partition coefficient (Wildman–Crippen LogP) is 1.23. The molecule has 0 aliphatic carbocycles. The molecular weight excluding hydrogens is 266 g/mol. The number of carbonyl (C=O) groups excluding carboxylic acids is 1. The van der Waals surface area contributed by atoms with Crippen LogP contribution in [0.25, 0.3) is 5.69 Å². The number of aromatic nitrogens is 3. The fraction of sp³-hybridized carbons (Fsp3) is 0.400. The smallest absolute Gasteiger partial charge is 0.222 e. The van der Waals surface area contributed by atoms with E-state index >= 15 is 0 Å². The van der Waals surface area contributed by atoms with Crippen LogP contribution < -0.4 is 10.6 Å². The first kappa shape index (κ1) is 15.2. The maximum atomic E-state index is 11.9. The van der Waals surface area contributed by atoms with E-state index in [9.17, 15) is 4.79 Å². The largest absolute Gasteiger partial charge is 0.345 e. The van der Waals surface area contributed by atoms with Crippen molar-refractivity contribution in [1.82, 2.24) is 25.6 Å². The first-order valence-electron chi connectivity index (χ1n) is 6.97. The van der Waals surface area contributed by atoms with Gasteiger partial charge in [-0.25, -0.2) is 4.68 Å². The van der Waals surface area contributed by atoms with Crippen LogP contribution in [0.1, 0.15) is 26.0 Å². The van der Waals surface area contributed by atoms with E-state index in [0.717, 1.165) is 11.4 Å². The number of hydrogen-bond donors (Lipinski definition) is 2. The maximum Gasteiger partial charge on any atom is 0.222 e. The third-order valence-electron chi connectivity index (χ3n) is 3.21. The molecule has 1 aromatic heterocycles. The minimum Gasteiger partial charge on any atom is -0.345 e. The molecule has 2 N–H and O–H groups in total. The first-order chi connectivity index (χ1) is 10.0. The number of benzene rings is 1. The van der Waals surface area contributed by atoms with Gasteiger partial charge in [0.2, 0.25) is 5.91 Å². The number of rotatable bonds is 6. The van der Waals surface area contributed by atoms with Gasteiger partial charge in [0, 0.05) is 13.0 Å². The molecule has 0 spiro atoms. The van der Waals surface area contributed by atoms with E-state index in [1.807, 2.05) is 57.4 Å². The summed E-state index contributed by atoms with van der Waals surface area (Å²) in [7, 11) is 1.82. The Labute approximate surface area is 124 Å². The summed E-state index contributed by atoms with van der Waals surface area (Å²) in [5.41, 5.74) is 1.11. The second-order valence-corrected chi connectivity index (χ2v) is 5.41. The molecule has 0 radical (unpaired) electrons. The van der Waals surface area contributed by atoms with Crippen molar-refractivity contribution in [2.75, 3.05) is 13.6 Å². The zero-order chi connectivity index (χ0) is 15.3. The van der Waals surface area contributed by atoms with Crippen LogP contribution in [0.15, 0.2) is 36.5 Å². The highest BCUT2D eigenvalue weighted by molar-refractivity contribution is 5.77. The molecule has 1 aromatic carbocycles. The highest BCUT2D eigenvalue weighted by Gasteiger charge is 2.26. The highest BCUT2D eigenvalue weighted by Crippen LogP contribution is 2.18. The number of carbonyl (C=O) groups is 1. The number of amides is 1. The minimum atomic E-state index is -0.558. The van der Waals surface area contributed by atoms with Gasteiger partial charge in [-0.2, -0.15) is 0 Å². The summed E-state index contributed by atoms with van der Waals surface area (Å²) in [5, 5.41) is 14.2. The standard InChI is InChI=1S/C15H21N5O/c1-15(2,17-14(21)9-10-16-3)13-11-20(19-18-13)12-7-5-4-6-8-12/h4-8,11,16H,9-10H2,1-3H3,(H,17,21). The predicted molar refractivity (Wildman–Crippen MR) is 81.1 cm³/mol. The Hall–Kier alpha value is -2.21. The lowest BCUT2D eigenvalue weighted by molar-refractivity contribution is -0.122. The molecular formula is C15H21N5O. The van der Waals surface area contributed by atoms with Crippen molar-refractivity contribution >= 4 is 5.91 Å². The molecule has 0 bridgehead atoms. The first-order valence-corrected chi connectivity index (χ1v) is 6.97. The van der Waals surface area contributed by atoms with Gasteiger partial charge in [0.05, 0.1) is 17.4 Å². The number of hydrogen-bond acceptors (Lipinski definition) is 4. The molecule has 2 rings (SSSR count). The van der Waals surface area contributed by atoms with Gasteiger partial charge in [0.15, 0.2) is 0 Å². The van der Waals surface area contributed by atoms with Crippen molar-refractivity contribution in [3.8, 4) is 5.69 Å². The average molecular weight is 287 g/mol. The van der Waals surface area contributed by atoms with Crippen molar-refractivity contribution in [3.63, 3.8) is 0 Å². The molecule has 0 fully saturated rings. The zero-order valence-corrected chi connectivity index (χ0v) is 12.6. The van der Waals surface area contributed by atoms with Crippen molar-refractivity contribution in [1.29, 1.82) is 0 Å². The number of para-hydroxylation sites is 1. The monoisotopic (exact) mass is 287 g/mol. The Morgan fingerprint density at radius 1 is 1.29 bits per heavy atom. The van der Waals surface area contributed by atoms with Crippen LogP contribution >= 0.6 is 0 Å². The second-order valence-electron chi connectivity index (χ2n) is 5.41. The Morgan fingerprint density at radius 2 is 2.00 bits per heavy atom. The third-order valence-corrected chi connectivity index (χ3v) is 3.21. The lowest BCUT2D eigenvalue weighted by atomic mass is 10.0. The van der Waals surface area contributed by atoms with Crippen LogP contribution in [-0.4, -0.2) is 34.5 Å². The normalized spacial score (nSPS) is 11.4. The number of nitrogens with one attached hydrogen (secondary N) is 2. The van der Waals surface area contributed by atoms with Crippen LogP contribution in [0, 0.1) is 0 Å². The summed E-state index contributed by atoms with van der Waals surface area (Å²) in [6.45, 7) is 4.49. The van der Waals surface area contributed by atoms with Crippen LogP contribution in [0.3, 0.4) is 0 Å². The van der Waals surface area contributed by atoms with Crippen molar-refractivity contribution < 1.29 is 4.79 Å². The van der Waals surface area contributed by atoms with Crippen LogP contribution in [0.2, 0.25) is 0 Å². The van der Waals surface area contributed by atoms with E-state index in [0.29, 0.717) is 13.0 Å². The molecule has 1 heterocycles. The van der Waals surface area contributed by atoms with E-state index in [1.165, 1.54) is 0 Å². The summed E-state index contributed by atoms with van der Waals surface area (Å²) in [4.78, 5) is 11.9. The molecule has 0 aliphatic heterocycles. The lowest BCUT2D eigenvalue weighted by Crippen LogP contribution is -2.42. The molecule has 112 valence electrons. The summed E-state index contributed by atoms with van der Waals surface area (Å²) in [6.07, 6.45) is 2.28. The van der Waals surface area contributed by atoms with Crippen molar-refractivity contribution in [3.05, 3.63) is 42.2 Å². The van der Waals surface area contributed by atoms with Crippen LogP contribution in [-0.2, 0) is 10.3 Å². The summed E-state index contributed by atoms with van der Waals surface area (Å²) < 4.78 is 1.71. The Bertz CT molecular complexity index is 591. The molecule has 2 aromatic rings. The molecule has 0 unspecified atom stereocenters. The molecule has 1 amide bonds. The minimum absolute atomic E-state index is 0.0105. The quantitative estimate of drug-likeness (QED) is 0.838. The van der Waals surface area contributed by atoms with Gasteiger partial charge in [-0.3, -0.25) is 4.79 Å². The summed E-state index contributed by atoms with van der Waals surface area (Å²) in [6, 6.07) is 9.75. The third kappa shape index (κ3) is 3.88. The summed E-state index contributed by atoms with van der Waals surface area (Å²) >= 11 is 0. The molecule has 6 heteroatoms. The fourth-order valence-corrected chi connectivity index (χ4v) is 1.97. The van der Waals surface area contributed by atoms with Gasteiger partial charge in [-0.15, -0.1) is 5.10 Å². The zero-order valence-electron chi connectivity index (χ0n) is 12.6. The Morgan fingerprint density at radius 3 is 2.67 bits per heavy atom. The second kappa shape index (κ2) is 6.49. The van der Waals surface area contributed by atoms with Gasteiger partial charge in [-0.05, 0) is 33.0 Å². The fourth-order valence-electron chi connectivity index (χ4n) is 1.97. The van der Waals surface area contributed by atoms with E-state index in [2.05, 4.69) is 20.9 Å². The molecule has 21 heavy (non-hydrogen) atoms. The van der Waals surface area contributed by atoms with Crippen molar-refractivity contribution in [2.24, 2.45) is 0 Å². The average Bonchev–Trinajstić information content (AvgIpc) is 2.96. The molecule has 0 saturated heterocycles. The van der Waals surface area contributed by atoms with E-state index < -0.39 is 5.54 Å². The maximum absolute atomic E-state index is 11.9. The highest BCUT2D eigenvalue weighted by atomic mass is 16.1. The number of nitrogens with zero attached hydrogens (tertiary/aromatic N) is 3. The topological polar surface area (TPSA) is 71.8 Å². The molecule has 6 nitrogen and oxygen atoms in total. The van der Waals surface area contributed by atoms with Gasteiger partial charge >= 0.3 is 0 Å². The van der Waals surface area contributed by atoms with E-state index in [-0.39, 0.29) is 5.91 Å². The van der Waals surface area contributed by atoms with Gasteiger partial charge < -0.3 is 10.6 Å². The van der Waals surface area contributed by atoms with E-state index in [4.69, 9.17) is 0 Å². The Kier molecular flexibility index (Phi) is 4.70. The van der Waals surface area contributed by atoms with Crippen LogP contribution in [0.4, 0.5) is 0 Å². The Balaban J connectivity index is 2.10. The van der Waals surface area contributed by atoms with Gasteiger partial charge in [0.25, 0.3) is 0 Å². The molecule has 0 atom stereocenters. The molecule has 0 saturated carbocycles. The van der Waals surface area contributed by atoms with E-state index in [1.54, 1.807) is 4.68 Å². The molecule has 0 aliphatic rings. The summed E-state index contributed by atoms with van der Waals surface area (Å²) in [5.74, 6) is -0.0105. The lowest BCUT2D eigenvalue weighted by Gasteiger charge is -2.23. The van der Waals surface area contributed by atoms with Gasteiger partial charge in [-0.1, -0.05) is 23.4 Å².